The van der Waals surface area contributed by atoms with Crippen LogP contribution in [0.3, 0.4) is 0 Å². The highest BCUT2D eigenvalue weighted by molar-refractivity contribution is 7.12. The van der Waals surface area contributed by atoms with Crippen LogP contribution in [-0.2, 0) is 15.1 Å². The number of quaternary nitrogens is 1. The average Bonchev–Trinajstić information content (AvgIpc) is 3.58. The summed E-state index contributed by atoms with van der Waals surface area (Å²) in [6.07, 6.45) is 2.93. The Morgan fingerprint density at radius 2 is 1.67 bits per heavy atom. The standard InChI is InChI=1S/C29H36NO4S2/c1-20-17-21(2)27(22(3)18-20)33-14-6-11-30-12-9-23(10-13-30)24(19-30)34-28(31)29(32,25-7-4-15-35-25)26-8-5-16-36-26/h4-5,7-8,15-18,23-24,32H,6,9-14,19H2,1-3H3/q+1/t23?,24-,30?/m0/s1. The third-order valence-corrected chi connectivity index (χ3v) is 9.94. The number of benzene rings is 1. The first-order valence-electron chi connectivity index (χ1n) is 12.9. The zero-order valence-electron chi connectivity index (χ0n) is 21.4. The van der Waals surface area contributed by atoms with Crippen molar-refractivity contribution in [3.63, 3.8) is 0 Å². The fourth-order valence-corrected chi connectivity index (χ4v) is 7.87. The summed E-state index contributed by atoms with van der Waals surface area (Å²) in [5.41, 5.74) is 1.90. The highest BCUT2D eigenvalue weighted by atomic mass is 32.1. The number of hydrogen-bond acceptors (Lipinski definition) is 6. The Morgan fingerprint density at radius 3 is 2.22 bits per heavy atom. The van der Waals surface area contributed by atoms with Gasteiger partial charge in [-0.15, -0.1) is 22.7 Å². The Hall–Kier alpha value is -2.19. The van der Waals surface area contributed by atoms with Crippen molar-refractivity contribution in [2.45, 2.75) is 51.7 Å². The summed E-state index contributed by atoms with van der Waals surface area (Å²) in [5, 5.41) is 15.4. The Morgan fingerprint density at radius 1 is 1.06 bits per heavy atom. The monoisotopic (exact) mass is 526 g/mol. The normalized spacial score (nSPS) is 23.6. The number of thiophene rings is 2. The molecule has 6 rings (SSSR count). The molecule has 36 heavy (non-hydrogen) atoms. The smallest absolute Gasteiger partial charge is 0.349 e. The summed E-state index contributed by atoms with van der Waals surface area (Å²) in [6.45, 7) is 11.1. The lowest BCUT2D eigenvalue weighted by Gasteiger charge is -2.52. The molecule has 2 aromatic heterocycles. The molecule has 3 fully saturated rings. The second-order valence-electron chi connectivity index (χ2n) is 10.6. The molecular formula is C29H36NO4S2+. The predicted octanol–water partition coefficient (Wildman–Crippen LogP) is 5.59. The predicted molar refractivity (Wildman–Crippen MR) is 145 cm³/mol. The number of rotatable bonds is 9. The number of fused-ring (bicyclic) bond motifs is 3. The van der Waals surface area contributed by atoms with Crippen LogP contribution in [0.4, 0.5) is 0 Å². The lowest BCUT2D eigenvalue weighted by atomic mass is 9.83. The van der Waals surface area contributed by atoms with Crippen molar-refractivity contribution in [2.24, 2.45) is 5.92 Å². The van der Waals surface area contributed by atoms with Crippen molar-refractivity contribution in [3.8, 4) is 5.75 Å². The number of aryl methyl sites for hydroxylation is 3. The molecule has 1 atom stereocenters. The van der Waals surface area contributed by atoms with Crippen LogP contribution < -0.4 is 4.74 Å². The van der Waals surface area contributed by atoms with Gasteiger partial charge in [0.25, 0.3) is 0 Å². The average molecular weight is 527 g/mol. The lowest BCUT2D eigenvalue weighted by molar-refractivity contribution is -0.946. The van der Waals surface area contributed by atoms with E-state index in [1.165, 1.54) is 39.4 Å². The second kappa shape index (κ2) is 10.3. The molecule has 3 aliphatic rings. The SMILES string of the molecule is Cc1cc(C)c(OCCC[N+]23CCC(CC2)[C@@H](OC(=O)C(O)(c2cccs2)c2cccs2)C3)c(C)c1. The van der Waals surface area contributed by atoms with Gasteiger partial charge in [-0.1, -0.05) is 29.8 Å². The molecule has 3 aliphatic heterocycles. The van der Waals surface area contributed by atoms with E-state index in [2.05, 4.69) is 32.9 Å². The molecule has 0 unspecified atom stereocenters. The first-order chi connectivity index (χ1) is 17.3. The Bertz CT molecular complexity index is 1120. The largest absolute Gasteiger partial charge is 0.493 e. The van der Waals surface area contributed by atoms with E-state index >= 15 is 0 Å². The van der Waals surface area contributed by atoms with Gasteiger partial charge in [0.2, 0.25) is 5.60 Å². The number of hydrogen-bond donors (Lipinski definition) is 1. The summed E-state index contributed by atoms with van der Waals surface area (Å²) in [7, 11) is 0. The first kappa shape index (κ1) is 25.5. The molecule has 3 aromatic rings. The van der Waals surface area contributed by atoms with E-state index in [0.717, 1.165) is 55.7 Å². The maximum atomic E-state index is 13.5. The van der Waals surface area contributed by atoms with Gasteiger partial charge < -0.3 is 19.1 Å². The van der Waals surface area contributed by atoms with Crippen molar-refractivity contribution in [1.29, 1.82) is 0 Å². The van der Waals surface area contributed by atoms with E-state index < -0.39 is 11.6 Å². The zero-order chi connectivity index (χ0) is 25.3. The topological polar surface area (TPSA) is 55.8 Å². The lowest BCUT2D eigenvalue weighted by Crippen LogP contribution is -2.65. The van der Waals surface area contributed by atoms with Crippen molar-refractivity contribution >= 4 is 28.6 Å². The van der Waals surface area contributed by atoms with Gasteiger partial charge in [0, 0.05) is 25.2 Å². The van der Waals surface area contributed by atoms with Gasteiger partial charge in [0.1, 0.15) is 12.3 Å². The highest BCUT2D eigenvalue weighted by Crippen LogP contribution is 2.40. The third-order valence-electron chi connectivity index (χ3n) is 7.98. The molecule has 2 bridgehead atoms. The summed E-state index contributed by atoms with van der Waals surface area (Å²) < 4.78 is 13.3. The fourth-order valence-electron chi connectivity index (χ4n) is 6.15. The molecular weight excluding hydrogens is 490 g/mol. The van der Waals surface area contributed by atoms with Gasteiger partial charge in [-0.3, -0.25) is 0 Å². The molecule has 0 radical (unpaired) electrons. The van der Waals surface area contributed by atoms with E-state index in [4.69, 9.17) is 9.47 Å². The number of carbonyl (C=O) groups excluding carboxylic acids is 1. The number of piperidine rings is 3. The van der Waals surface area contributed by atoms with Crippen LogP contribution in [0.25, 0.3) is 0 Å². The molecule has 3 saturated heterocycles. The van der Waals surface area contributed by atoms with E-state index in [1.54, 1.807) is 0 Å². The minimum Gasteiger partial charge on any atom is -0.493 e. The number of nitrogens with zero attached hydrogens (tertiary/aromatic N) is 1. The van der Waals surface area contributed by atoms with Crippen LogP contribution in [0, 0.1) is 26.7 Å². The van der Waals surface area contributed by atoms with E-state index in [-0.39, 0.29) is 6.10 Å². The summed E-state index contributed by atoms with van der Waals surface area (Å²) in [6, 6.07) is 11.7. The number of aliphatic hydroxyl groups is 1. The van der Waals surface area contributed by atoms with Gasteiger partial charge in [-0.05, 0) is 54.8 Å². The molecule has 192 valence electrons. The third kappa shape index (κ3) is 4.86. The van der Waals surface area contributed by atoms with Crippen molar-refractivity contribution in [1.82, 2.24) is 0 Å². The van der Waals surface area contributed by atoms with Gasteiger partial charge in [0.05, 0.1) is 36.0 Å². The maximum absolute atomic E-state index is 13.5. The van der Waals surface area contributed by atoms with Gasteiger partial charge >= 0.3 is 5.97 Å². The molecule has 0 spiro atoms. The van der Waals surface area contributed by atoms with Crippen molar-refractivity contribution < 1.29 is 23.9 Å². The van der Waals surface area contributed by atoms with Crippen LogP contribution in [-0.4, -0.2) is 54.4 Å². The molecule has 5 nitrogen and oxygen atoms in total. The van der Waals surface area contributed by atoms with Crippen LogP contribution in [0.5, 0.6) is 5.75 Å². The van der Waals surface area contributed by atoms with Gasteiger partial charge in [-0.2, -0.15) is 0 Å². The van der Waals surface area contributed by atoms with Crippen LogP contribution >= 0.6 is 22.7 Å². The molecule has 7 heteroatoms. The Kier molecular flexibility index (Phi) is 7.27. The van der Waals surface area contributed by atoms with Crippen LogP contribution in [0.15, 0.2) is 47.2 Å². The quantitative estimate of drug-likeness (QED) is 0.224. The molecule has 0 amide bonds. The second-order valence-corrected chi connectivity index (χ2v) is 12.5. The molecule has 1 N–H and O–H groups in total. The number of ether oxygens (including phenoxy) is 2. The maximum Gasteiger partial charge on any atom is 0.349 e. The highest BCUT2D eigenvalue weighted by Gasteiger charge is 2.51. The Labute approximate surface area is 221 Å². The van der Waals surface area contributed by atoms with E-state index in [0.29, 0.717) is 22.3 Å². The van der Waals surface area contributed by atoms with Gasteiger partial charge in [-0.25, -0.2) is 4.79 Å². The summed E-state index contributed by atoms with van der Waals surface area (Å²) in [5.74, 6) is 0.836. The molecule has 0 aliphatic carbocycles. The number of carbonyl (C=O) groups is 1. The minimum absolute atomic E-state index is 0.158. The minimum atomic E-state index is -1.74. The number of esters is 1. The molecule has 0 saturated carbocycles. The summed E-state index contributed by atoms with van der Waals surface area (Å²) in [4.78, 5) is 14.8. The van der Waals surface area contributed by atoms with Crippen molar-refractivity contribution in [3.05, 3.63) is 73.6 Å². The Balaban J connectivity index is 1.23. The van der Waals surface area contributed by atoms with E-state index in [9.17, 15) is 9.90 Å². The first-order valence-corrected chi connectivity index (χ1v) is 14.6. The van der Waals surface area contributed by atoms with E-state index in [1.807, 2.05) is 35.0 Å². The fraction of sp³-hybridized carbons (Fsp3) is 0.483. The molecule has 5 heterocycles. The molecule has 1 aromatic carbocycles. The van der Waals surface area contributed by atoms with Crippen LogP contribution in [0.2, 0.25) is 0 Å². The summed E-state index contributed by atoms with van der Waals surface area (Å²) >= 11 is 2.77. The van der Waals surface area contributed by atoms with Crippen molar-refractivity contribution in [2.75, 3.05) is 32.8 Å². The zero-order valence-corrected chi connectivity index (χ0v) is 23.0. The van der Waals surface area contributed by atoms with Crippen LogP contribution in [0.1, 0.15) is 45.7 Å². The van der Waals surface area contributed by atoms with Gasteiger partial charge in [0.15, 0.2) is 6.10 Å².